The zero-order chi connectivity index (χ0) is 13.8. The monoisotopic (exact) mass is 315 g/mol. The largest absolute Gasteiger partial charge is 0.345 e. The molecule has 1 heterocycles. The minimum atomic E-state index is -0.216. The lowest BCUT2D eigenvalue weighted by molar-refractivity contribution is 0.0902. The van der Waals surface area contributed by atoms with Crippen molar-refractivity contribution in [3.63, 3.8) is 0 Å². The fraction of sp³-hybridized carbons (Fsp3) is 0.692. The van der Waals surface area contributed by atoms with Gasteiger partial charge in [0.05, 0.1) is 5.69 Å². The number of hydrogen-bond donors (Lipinski definition) is 1. The first-order valence-electron chi connectivity index (χ1n) is 6.44. The van der Waals surface area contributed by atoms with Crippen LogP contribution in [0.15, 0.2) is 6.07 Å². The van der Waals surface area contributed by atoms with Crippen molar-refractivity contribution in [2.24, 2.45) is 0 Å². The molecular formula is C13H22BrN3O. The predicted molar refractivity (Wildman–Crippen MR) is 77.2 cm³/mol. The number of carbonyl (C=O) groups excluding carboxylic acids is 1. The molecule has 0 saturated carbocycles. The molecule has 0 spiro atoms. The average molecular weight is 316 g/mol. The van der Waals surface area contributed by atoms with Crippen LogP contribution < -0.4 is 5.32 Å². The Labute approximate surface area is 117 Å². The summed E-state index contributed by atoms with van der Waals surface area (Å²) in [6.07, 6.45) is 1.72. The number of rotatable bonds is 6. The van der Waals surface area contributed by atoms with Crippen LogP contribution >= 0.6 is 15.9 Å². The van der Waals surface area contributed by atoms with Gasteiger partial charge < -0.3 is 5.32 Å². The molecule has 1 rings (SSSR count). The lowest BCUT2D eigenvalue weighted by Gasteiger charge is -2.27. The summed E-state index contributed by atoms with van der Waals surface area (Å²) in [5.74, 6) is -0.0483. The van der Waals surface area contributed by atoms with Crippen LogP contribution in [-0.2, 0) is 13.0 Å². The van der Waals surface area contributed by atoms with Crippen molar-refractivity contribution in [3.05, 3.63) is 17.5 Å². The SMILES string of the molecule is CCc1cc(C(=O)NC(C)(CC)CBr)n(CC)n1. The van der Waals surface area contributed by atoms with Crippen molar-refractivity contribution >= 4 is 21.8 Å². The first-order valence-corrected chi connectivity index (χ1v) is 7.57. The van der Waals surface area contributed by atoms with Gasteiger partial charge in [-0.3, -0.25) is 9.48 Å². The van der Waals surface area contributed by atoms with Crippen molar-refractivity contribution in [1.82, 2.24) is 15.1 Å². The van der Waals surface area contributed by atoms with E-state index in [0.717, 1.165) is 23.9 Å². The van der Waals surface area contributed by atoms with Crippen molar-refractivity contribution in [1.29, 1.82) is 0 Å². The van der Waals surface area contributed by atoms with Crippen molar-refractivity contribution in [3.8, 4) is 0 Å². The van der Waals surface area contributed by atoms with E-state index < -0.39 is 0 Å². The summed E-state index contributed by atoms with van der Waals surface area (Å²) in [4.78, 5) is 12.3. The molecule has 0 saturated heterocycles. The lowest BCUT2D eigenvalue weighted by Crippen LogP contribution is -2.47. The summed E-state index contributed by atoms with van der Waals surface area (Å²) in [6.45, 7) is 8.84. The Bertz CT molecular complexity index is 410. The highest BCUT2D eigenvalue weighted by molar-refractivity contribution is 9.09. The zero-order valence-corrected chi connectivity index (χ0v) is 13.2. The molecule has 0 fully saturated rings. The van der Waals surface area contributed by atoms with Crippen LogP contribution in [0.2, 0.25) is 0 Å². The maximum absolute atomic E-state index is 12.3. The summed E-state index contributed by atoms with van der Waals surface area (Å²) in [5, 5.41) is 8.21. The number of aryl methyl sites for hydroxylation is 2. The molecule has 102 valence electrons. The second-order valence-electron chi connectivity index (χ2n) is 4.69. The lowest BCUT2D eigenvalue weighted by atomic mass is 10.0. The van der Waals surface area contributed by atoms with Gasteiger partial charge in [-0.2, -0.15) is 5.10 Å². The zero-order valence-electron chi connectivity index (χ0n) is 11.6. The van der Waals surface area contributed by atoms with Gasteiger partial charge in [-0.05, 0) is 32.8 Å². The van der Waals surface area contributed by atoms with Crippen LogP contribution in [0.4, 0.5) is 0 Å². The second kappa shape index (κ2) is 6.36. The minimum absolute atomic E-state index is 0.0483. The molecule has 18 heavy (non-hydrogen) atoms. The topological polar surface area (TPSA) is 46.9 Å². The minimum Gasteiger partial charge on any atom is -0.345 e. The molecule has 1 unspecified atom stereocenters. The summed E-state index contributed by atoms with van der Waals surface area (Å²) in [7, 11) is 0. The molecule has 4 nitrogen and oxygen atoms in total. The van der Waals surface area contributed by atoms with Gasteiger partial charge in [0.1, 0.15) is 5.69 Å². The fourth-order valence-electron chi connectivity index (χ4n) is 1.62. The fourth-order valence-corrected chi connectivity index (χ4v) is 2.16. The van der Waals surface area contributed by atoms with E-state index in [1.54, 1.807) is 4.68 Å². The van der Waals surface area contributed by atoms with Crippen LogP contribution in [0.1, 0.15) is 50.3 Å². The highest BCUT2D eigenvalue weighted by Gasteiger charge is 2.25. The third-order valence-electron chi connectivity index (χ3n) is 3.22. The van der Waals surface area contributed by atoms with E-state index in [4.69, 9.17) is 0 Å². The molecule has 1 atom stereocenters. The third-order valence-corrected chi connectivity index (χ3v) is 4.45. The number of halogens is 1. The van der Waals surface area contributed by atoms with Crippen LogP contribution in [0, 0.1) is 0 Å². The molecule has 1 amide bonds. The van der Waals surface area contributed by atoms with E-state index >= 15 is 0 Å². The van der Waals surface area contributed by atoms with Gasteiger partial charge in [-0.1, -0.05) is 29.8 Å². The molecule has 0 aliphatic heterocycles. The predicted octanol–water partition coefficient (Wildman–Crippen LogP) is 2.76. The molecule has 0 aliphatic rings. The molecule has 5 heteroatoms. The first-order chi connectivity index (χ1) is 8.49. The average Bonchev–Trinajstić information content (AvgIpc) is 2.81. The van der Waals surface area contributed by atoms with E-state index in [0.29, 0.717) is 12.2 Å². The van der Waals surface area contributed by atoms with E-state index in [1.807, 2.05) is 26.8 Å². The van der Waals surface area contributed by atoms with E-state index in [2.05, 4.69) is 33.3 Å². The van der Waals surface area contributed by atoms with E-state index in [1.165, 1.54) is 0 Å². The highest BCUT2D eigenvalue weighted by Crippen LogP contribution is 2.14. The number of aromatic nitrogens is 2. The first kappa shape index (κ1) is 15.2. The second-order valence-corrected chi connectivity index (χ2v) is 5.25. The van der Waals surface area contributed by atoms with Gasteiger partial charge in [0.15, 0.2) is 0 Å². The molecule has 1 aromatic heterocycles. The molecule has 0 radical (unpaired) electrons. The Morgan fingerprint density at radius 1 is 1.50 bits per heavy atom. The van der Waals surface area contributed by atoms with E-state index in [9.17, 15) is 4.79 Å². The standard InChI is InChI=1S/C13H22BrN3O/c1-5-10-8-11(17(7-3)16-10)12(18)15-13(4,6-2)9-14/h8H,5-7,9H2,1-4H3,(H,15,18). The van der Waals surface area contributed by atoms with Crippen LogP contribution in [0.5, 0.6) is 0 Å². The summed E-state index contributed by atoms with van der Waals surface area (Å²) >= 11 is 3.45. The Hall–Kier alpha value is -0.840. The van der Waals surface area contributed by atoms with Gasteiger partial charge in [-0.15, -0.1) is 0 Å². The quantitative estimate of drug-likeness (QED) is 0.820. The summed E-state index contributed by atoms with van der Waals surface area (Å²) in [5.41, 5.74) is 1.39. The summed E-state index contributed by atoms with van der Waals surface area (Å²) < 4.78 is 1.76. The van der Waals surface area contributed by atoms with Crippen molar-refractivity contribution in [2.45, 2.75) is 52.6 Å². The number of nitrogens with zero attached hydrogens (tertiary/aromatic N) is 2. The number of hydrogen-bond acceptors (Lipinski definition) is 2. The van der Waals surface area contributed by atoms with Crippen molar-refractivity contribution in [2.75, 3.05) is 5.33 Å². The molecule has 0 aromatic carbocycles. The molecule has 0 bridgehead atoms. The maximum atomic E-state index is 12.3. The Kier molecular flexibility index (Phi) is 5.38. The summed E-state index contributed by atoms with van der Waals surface area (Å²) in [6, 6.07) is 1.88. The van der Waals surface area contributed by atoms with Crippen molar-refractivity contribution < 1.29 is 4.79 Å². The van der Waals surface area contributed by atoms with Gasteiger partial charge in [0.2, 0.25) is 0 Å². The number of nitrogens with one attached hydrogen (secondary N) is 1. The highest BCUT2D eigenvalue weighted by atomic mass is 79.9. The molecule has 1 aromatic rings. The molecular weight excluding hydrogens is 294 g/mol. The normalized spacial score (nSPS) is 14.3. The molecule has 0 aliphatic carbocycles. The van der Waals surface area contributed by atoms with Gasteiger partial charge >= 0.3 is 0 Å². The number of amides is 1. The maximum Gasteiger partial charge on any atom is 0.270 e. The van der Waals surface area contributed by atoms with Crippen LogP contribution in [0.3, 0.4) is 0 Å². The Morgan fingerprint density at radius 3 is 2.61 bits per heavy atom. The smallest absolute Gasteiger partial charge is 0.270 e. The molecule has 1 N–H and O–H groups in total. The van der Waals surface area contributed by atoms with Gasteiger partial charge in [-0.25, -0.2) is 0 Å². The number of alkyl halides is 1. The van der Waals surface area contributed by atoms with Crippen LogP contribution in [-0.4, -0.2) is 26.6 Å². The third kappa shape index (κ3) is 3.34. The Balaban J connectivity index is 2.93. The Morgan fingerprint density at radius 2 is 2.17 bits per heavy atom. The van der Waals surface area contributed by atoms with Crippen LogP contribution in [0.25, 0.3) is 0 Å². The van der Waals surface area contributed by atoms with Gasteiger partial charge in [0.25, 0.3) is 5.91 Å². The van der Waals surface area contributed by atoms with Gasteiger partial charge in [0, 0.05) is 17.4 Å². The van der Waals surface area contributed by atoms with E-state index in [-0.39, 0.29) is 11.4 Å². The number of carbonyl (C=O) groups is 1.